The fourth-order valence-corrected chi connectivity index (χ4v) is 2.88. The Balaban J connectivity index is 2.20. The number of fused-ring (bicyclic) bond motifs is 1. The van der Waals surface area contributed by atoms with Crippen LogP contribution in [0, 0.1) is 6.92 Å². The quantitative estimate of drug-likeness (QED) is 0.686. The van der Waals surface area contributed by atoms with Crippen LogP contribution in [0.5, 0.6) is 28.7 Å². The van der Waals surface area contributed by atoms with Crippen LogP contribution in [0.4, 0.5) is 0 Å². The number of carbonyl (C=O) groups excluding carboxylic acids is 1. The first-order valence-electron chi connectivity index (χ1n) is 7.35. The van der Waals surface area contributed by atoms with Gasteiger partial charge in [0.1, 0.15) is 23.2 Å². The third-order valence-corrected chi connectivity index (χ3v) is 4.13. The number of ether oxygens (including phenoxy) is 4. The van der Waals surface area contributed by atoms with E-state index in [1.165, 1.54) is 27.4 Å². The average molecular weight is 330 g/mol. The van der Waals surface area contributed by atoms with Gasteiger partial charge in [-0.2, -0.15) is 0 Å². The second kappa shape index (κ2) is 5.96. The lowest BCUT2D eigenvalue weighted by atomic mass is 9.90. The molecule has 1 heterocycles. The molecule has 0 aromatic heterocycles. The van der Waals surface area contributed by atoms with E-state index in [0.717, 1.165) is 0 Å². The SMILES string of the molecule is COc1cc(OC)c(C2C(=O)Oc3cc(O)c(C)cc32)cc1OC. The van der Waals surface area contributed by atoms with Crippen LogP contribution in [-0.4, -0.2) is 32.4 Å². The maximum atomic E-state index is 12.4. The Labute approximate surface area is 139 Å². The molecule has 0 saturated heterocycles. The second-order valence-electron chi connectivity index (χ2n) is 5.48. The highest BCUT2D eigenvalue weighted by molar-refractivity contribution is 5.91. The first-order chi connectivity index (χ1) is 11.5. The summed E-state index contributed by atoms with van der Waals surface area (Å²) < 4.78 is 21.3. The van der Waals surface area contributed by atoms with Gasteiger partial charge in [-0.25, -0.2) is 0 Å². The smallest absolute Gasteiger partial charge is 0.323 e. The Morgan fingerprint density at radius 3 is 2.17 bits per heavy atom. The van der Waals surface area contributed by atoms with Crippen molar-refractivity contribution in [2.24, 2.45) is 0 Å². The molecular weight excluding hydrogens is 312 g/mol. The summed E-state index contributed by atoms with van der Waals surface area (Å²) in [5, 5.41) is 9.83. The fourth-order valence-electron chi connectivity index (χ4n) is 2.88. The highest BCUT2D eigenvalue weighted by Gasteiger charge is 2.37. The van der Waals surface area contributed by atoms with E-state index in [9.17, 15) is 9.90 Å². The van der Waals surface area contributed by atoms with Gasteiger partial charge in [0.15, 0.2) is 11.5 Å². The molecular formula is C18H18O6. The Bertz CT molecular complexity index is 812. The van der Waals surface area contributed by atoms with Crippen molar-refractivity contribution in [3.05, 3.63) is 41.0 Å². The van der Waals surface area contributed by atoms with Gasteiger partial charge in [-0.3, -0.25) is 4.79 Å². The van der Waals surface area contributed by atoms with Crippen molar-refractivity contribution >= 4 is 5.97 Å². The van der Waals surface area contributed by atoms with Crippen LogP contribution < -0.4 is 18.9 Å². The molecule has 1 aliphatic rings. The van der Waals surface area contributed by atoms with Crippen LogP contribution in [-0.2, 0) is 4.79 Å². The summed E-state index contributed by atoms with van der Waals surface area (Å²) in [6, 6.07) is 6.58. The van der Waals surface area contributed by atoms with E-state index < -0.39 is 11.9 Å². The van der Waals surface area contributed by atoms with Crippen molar-refractivity contribution in [2.45, 2.75) is 12.8 Å². The molecule has 0 aliphatic carbocycles. The third kappa shape index (κ3) is 2.40. The highest BCUT2D eigenvalue weighted by atomic mass is 16.5. The normalized spacial score (nSPS) is 15.7. The van der Waals surface area contributed by atoms with Crippen LogP contribution in [0.15, 0.2) is 24.3 Å². The molecule has 126 valence electrons. The summed E-state index contributed by atoms with van der Waals surface area (Å²) in [5.74, 6) is 0.839. The molecule has 2 aromatic rings. The topological polar surface area (TPSA) is 74.2 Å². The van der Waals surface area contributed by atoms with Gasteiger partial charge in [0.25, 0.3) is 0 Å². The molecule has 24 heavy (non-hydrogen) atoms. The second-order valence-corrected chi connectivity index (χ2v) is 5.48. The van der Waals surface area contributed by atoms with Crippen molar-refractivity contribution < 1.29 is 28.8 Å². The van der Waals surface area contributed by atoms with Gasteiger partial charge in [0.05, 0.1) is 21.3 Å². The van der Waals surface area contributed by atoms with Crippen molar-refractivity contribution in [3.63, 3.8) is 0 Å². The van der Waals surface area contributed by atoms with E-state index in [4.69, 9.17) is 18.9 Å². The van der Waals surface area contributed by atoms with Crippen molar-refractivity contribution in [1.82, 2.24) is 0 Å². The minimum atomic E-state index is -0.658. The lowest BCUT2D eigenvalue weighted by Crippen LogP contribution is -2.13. The van der Waals surface area contributed by atoms with E-state index in [0.29, 0.717) is 39.7 Å². The summed E-state index contributed by atoms with van der Waals surface area (Å²) in [5.41, 5.74) is 1.96. The summed E-state index contributed by atoms with van der Waals surface area (Å²) in [6.07, 6.45) is 0. The summed E-state index contributed by atoms with van der Waals surface area (Å²) in [6.45, 7) is 1.77. The summed E-state index contributed by atoms with van der Waals surface area (Å²) in [4.78, 5) is 12.4. The van der Waals surface area contributed by atoms with E-state index in [1.54, 1.807) is 25.1 Å². The number of hydrogen-bond acceptors (Lipinski definition) is 6. The fraction of sp³-hybridized carbons (Fsp3) is 0.278. The molecule has 0 spiro atoms. The lowest BCUT2D eigenvalue weighted by molar-refractivity contribution is -0.133. The molecule has 0 radical (unpaired) electrons. The van der Waals surface area contributed by atoms with Gasteiger partial charge < -0.3 is 24.1 Å². The predicted octanol–water partition coefficient (Wildman–Crippen LogP) is 2.78. The number of aromatic hydroxyl groups is 1. The lowest BCUT2D eigenvalue weighted by Gasteiger charge is -2.17. The highest BCUT2D eigenvalue weighted by Crippen LogP contribution is 2.47. The minimum Gasteiger partial charge on any atom is -0.508 e. The zero-order valence-corrected chi connectivity index (χ0v) is 13.9. The molecule has 2 aromatic carbocycles. The van der Waals surface area contributed by atoms with Crippen LogP contribution in [0.1, 0.15) is 22.6 Å². The van der Waals surface area contributed by atoms with E-state index in [2.05, 4.69) is 0 Å². The van der Waals surface area contributed by atoms with Crippen LogP contribution in [0.3, 0.4) is 0 Å². The summed E-state index contributed by atoms with van der Waals surface area (Å²) in [7, 11) is 4.58. The van der Waals surface area contributed by atoms with Crippen molar-refractivity contribution in [1.29, 1.82) is 0 Å². The van der Waals surface area contributed by atoms with Crippen LogP contribution in [0.25, 0.3) is 0 Å². The maximum absolute atomic E-state index is 12.4. The minimum absolute atomic E-state index is 0.0847. The number of methoxy groups -OCH3 is 3. The molecule has 0 bridgehead atoms. The zero-order chi connectivity index (χ0) is 17.4. The van der Waals surface area contributed by atoms with Crippen LogP contribution in [0.2, 0.25) is 0 Å². The molecule has 6 nitrogen and oxygen atoms in total. The van der Waals surface area contributed by atoms with Gasteiger partial charge in [0.2, 0.25) is 0 Å². The van der Waals surface area contributed by atoms with Gasteiger partial charge in [-0.1, -0.05) is 0 Å². The maximum Gasteiger partial charge on any atom is 0.323 e. The Morgan fingerprint density at radius 1 is 0.917 bits per heavy atom. The molecule has 0 saturated carbocycles. The van der Waals surface area contributed by atoms with Gasteiger partial charge in [-0.15, -0.1) is 0 Å². The monoisotopic (exact) mass is 330 g/mol. The summed E-state index contributed by atoms with van der Waals surface area (Å²) >= 11 is 0. The number of phenols is 1. The van der Waals surface area contributed by atoms with Crippen molar-refractivity contribution in [2.75, 3.05) is 21.3 Å². The van der Waals surface area contributed by atoms with E-state index in [1.807, 2.05) is 0 Å². The molecule has 0 fully saturated rings. The number of hydrogen-bond donors (Lipinski definition) is 1. The van der Waals surface area contributed by atoms with Crippen LogP contribution >= 0.6 is 0 Å². The zero-order valence-electron chi connectivity index (χ0n) is 13.9. The first-order valence-corrected chi connectivity index (χ1v) is 7.35. The van der Waals surface area contributed by atoms with E-state index in [-0.39, 0.29) is 5.75 Å². The number of aryl methyl sites for hydroxylation is 1. The number of rotatable bonds is 4. The van der Waals surface area contributed by atoms with Gasteiger partial charge in [0, 0.05) is 23.3 Å². The van der Waals surface area contributed by atoms with Gasteiger partial charge >= 0.3 is 5.97 Å². The molecule has 1 N–H and O–H groups in total. The standard InChI is InChI=1S/C18H18O6/c1-9-5-10-14(7-12(9)19)24-18(20)17(10)11-6-15(22-3)16(23-4)8-13(11)21-2/h5-8,17,19H,1-4H3. The molecule has 3 rings (SSSR count). The third-order valence-electron chi connectivity index (χ3n) is 4.13. The number of benzene rings is 2. The molecule has 0 amide bonds. The number of esters is 1. The molecule has 1 atom stereocenters. The Morgan fingerprint density at radius 2 is 1.54 bits per heavy atom. The molecule has 1 aliphatic heterocycles. The van der Waals surface area contributed by atoms with Gasteiger partial charge in [-0.05, 0) is 24.6 Å². The predicted molar refractivity (Wildman–Crippen MR) is 86.4 cm³/mol. The largest absolute Gasteiger partial charge is 0.508 e. The number of carbonyl (C=O) groups is 1. The molecule has 6 heteroatoms. The first kappa shape index (κ1) is 16.0. The van der Waals surface area contributed by atoms with E-state index >= 15 is 0 Å². The Kier molecular flexibility index (Phi) is 3.97. The molecule has 1 unspecified atom stereocenters. The average Bonchev–Trinajstić information content (AvgIpc) is 2.88. The van der Waals surface area contributed by atoms with Crippen molar-refractivity contribution in [3.8, 4) is 28.7 Å². The Hall–Kier alpha value is -2.89. The number of phenolic OH excluding ortho intramolecular Hbond substituents is 1.